The Bertz CT molecular complexity index is 1300. The molecular formula is C27H33N3O8S. The number of sulfonamides is 1. The fourth-order valence-electron chi connectivity index (χ4n) is 4.72. The van der Waals surface area contributed by atoms with E-state index in [0.717, 1.165) is 16.3 Å². The molecule has 2 saturated heterocycles. The standard InChI is InChI=1S/C27H33N3O8S/c1-19-5-11-22(12-6-19)39(35,36)30(27(2,25(32)33)18-24(31)23-4-3-13-28-23)20-7-9-21(10-8-20)38-26(34)29-14-16-37-17-15-29/h5-12,23,28H,3-4,13-18H2,1-2H3,(H,32,33)/t23-,27-/m0/s1. The van der Waals surface area contributed by atoms with Crippen LogP contribution in [0.4, 0.5) is 10.5 Å². The molecule has 0 aromatic heterocycles. The maximum atomic E-state index is 14.0. The van der Waals surface area contributed by atoms with Crippen LogP contribution in [-0.4, -0.2) is 80.7 Å². The van der Waals surface area contributed by atoms with Crippen LogP contribution < -0.4 is 14.4 Å². The van der Waals surface area contributed by atoms with Crippen molar-refractivity contribution in [1.29, 1.82) is 0 Å². The highest BCUT2D eigenvalue weighted by Gasteiger charge is 2.49. The highest BCUT2D eigenvalue weighted by molar-refractivity contribution is 7.93. The number of carbonyl (C=O) groups is 3. The van der Waals surface area contributed by atoms with Crippen LogP contribution in [0, 0.1) is 6.92 Å². The Morgan fingerprint density at radius 3 is 2.31 bits per heavy atom. The van der Waals surface area contributed by atoms with Crippen LogP contribution >= 0.6 is 0 Å². The van der Waals surface area contributed by atoms with Crippen molar-refractivity contribution in [2.45, 2.75) is 49.6 Å². The summed E-state index contributed by atoms with van der Waals surface area (Å²) in [5.74, 6) is -1.68. The van der Waals surface area contributed by atoms with E-state index in [0.29, 0.717) is 39.3 Å². The molecule has 0 spiro atoms. The van der Waals surface area contributed by atoms with Gasteiger partial charge in [-0.1, -0.05) is 17.7 Å². The third-order valence-corrected chi connectivity index (χ3v) is 8.94. The second kappa shape index (κ2) is 11.7. The first-order chi connectivity index (χ1) is 18.5. The van der Waals surface area contributed by atoms with Crippen LogP contribution in [0.1, 0.15) is 31.7 Å². The third-order valence-electron chi connectivity index (χ3n) is 6.98. The molecule has 0 bridgehead atoms. The lowest BCUT2D eigenvalue weighted by Gasteiger charge is -2.38. The number of carboxylic acids is 1. The fourth-order valence-corrected chi connectivity index (χ4v) is 6.48. The lowest BCUT2D eigenvalue weighted by Crippen LogP contribution is -2.57. The van der Waals surface area contributed by atoms with Crippen molar-refractivity contribution in [3.8, 4) is 5.75 Å². The van der Waals surface area contributed by atoms with Gasteiger partial charge in [-0.2, -0.15) is 0 Å². The number of Topliss-reactive ketones (excluding diaryl/α,β-unsaturated/α-hetero) is 1. The summed E-state index contributed by atoms with van der Waals surface area (Å²) in [5.41, 5.74) is -1.30. The number of morpholine rings is 1. The second-order valence-corrected chi connectivity index (χ2v) is 11.7. The second-order valence-electron chi connectivity index (χ2n) is 9.91. The Kier molecular flexibility index (Phi) is 8.57. The lowest BCUT2D eigenvalue weighted by atomic mass is 9.91. The molecule has 0 radical (unpaired) electrons. The summed E-state index contributed by atoms with van der Waals surface area (Å²) in [6.07, 6.45) is 0.220. The molecule has 2 fully saturated rings. The first-order valence-electron chi connectivity index (χ1n) is 12.8. The van der Waals surface area contributed by atoms with Gasteiger partial charge in [0.1, 0.15) is 5.75 Å². The zero-order valence-electron chi connectivity index (χ0n) is 22.0. The predicted molar refractivity (Wildman–Crippen MR) is 142 cm³/mol. The van der Waals surface area contributed by atoms with Gasteiger partial charge in [0, 0.05) is 19.5 Å². The number of hydrogen-bond donors (Lipinski definition) is 2. The molecule has 12 heteroatoms. The van der Waals surface area contributed by atoms with Crippen molar-refractivity contribution < 1.29 is 37.4 Å². The van der Waals surface area contributed by atoms with Crippen molar-refractivity contribution in [3.63, 3.8) is 0 Å². The van der Waals surface area contributed by atoms with Crippen molar-refractivity contribution in [2.75, 3.05) is 37.2 Å². The van der Waals surface area contributed by atoms with Crippen LogP contribution in [0.3, 0.4) is 0 Å². The molecule has 210 valence electrons. The van der Waals surface area contributed by atoms with Gasteiger partial charge in [-0.25, -0.2) is 22.3 Å². The molecule has 2 aromatic carbocycles. The average Bonchev–Trinajstić information content (AvgIpc) is 3.46. The topological polar surface area (TPSA) is 143 Å². The van der Waals surface area contributed by atoms with Gasteiger partial charge in [0.05, 0.1) is 29.8 Å². The molecule has 2 N–H and O–H groups in total. The molecule has 2 aliphatic heterocycles. The fraction of sp³-hybridized carbons (Fsp3) is 0.444. The number of amides is 1. The van der Waals surface area contributed by atoms with E-state index in [1.807, 2.05) is 0 Å². The number of rotatable bonds is 9. The molecule has 0 unspecified atom stereocenters. The van der Waals surface area contributed by atoms with Gasteiger partial charge in [0.25, 0.3) is 10.0 Å². The van der Waals surface area contributed by atoms with E-state index in [4.69, 9.17) is 9.47 Å². The Morgan fingerprint density at radius 1 is 1.10 bits per heavy atom. The average molecular weight is 560 g/mol. The number of anilines is 1. The first kappa shape index (κ1) is 28.5. The van der Waals surface area contributed by atoms with Gasteiger partial charge in [0.15, 0.2) is 11.3 Å². The van der Waals surface area contributed by atoms with Gasteiger partial charge < -0.3 is 24.8 Å². The van der Waals surface area contributed by atoms with Crippen molar-refractivity contribution in [2.24, 2.45) is 0 Å². The zero-order chi connectivity index (χ0) is 28.2. The van der Waals surface area contributed by atoms with Crippen molar-refractivity contribution in [1.82, 2.24) is 10.2 Å². The molecule has 39 heavy (non-hydrogen) atoms. The number of nitrogens with one attached hydrogen (secondary N) is 1. The molecule has 2 atom stereocenters. The highest BCUT2D eigenvalue weighted by atomic mass is 32.2. The number of aliphatic carboxylic acids is 1. The van der Waals surface area contributed by atoms with Crippen LogP contribution in [0.25, 0.3) is 0 Å². The minimum atomic E-state index is -4.45. The Labute approximate surface area is 227 Å². The zero-order valence-corrected chi connectivity index (χ0v) is 22.8. The molecule has 2 aliphatic rings. The summed E-state index contributed by atoms with van der Waals surface area (Å²) in [5, 5.41) is 13.4. The maximum Gasteiger partial charge on any atom is 0.415 e. The first-order valence-corrected chi connectivity index (χ1v) is 14.2. The predicted octanol–water partition coefficient (Wildman–Crippen LogP) is 2.58. The number of ketones is 1. The molecule has 0 aliphatic carbocycles. The SMILES string of the molecule is Cc1ccc(S(=O)(=O)N(c2ccc(OC(=O)N3CCOCC3)cc2)[C@@](C)(CC(=O)[C@@H]2CCCN2)C(=O)O)cc1. The molecular weight excluding hydrogens is 526 g/mol. The Hall–Kier alpha value is -3.48. The van der Waals surface area contributed by atoms with E-state index < -0.39 is 40.1 Å². The summed E-state index contributed by atoms with van der Waals surface area (Å²) in [6.45, 7) is 5.27. The van der Waals surface area contributed by atoms with Crippen molar-refractivity contribution in [3.05, 3.63) is 54.1 Å². The number of benzene rings is 2. The molecule has 4 rings (SSSR count). The molecule has 0 saturated carbocycles. The van der Waals surface area contributed by atoms with Gasteiger partial charge in [-0.15, -0.1) is 0 Å². The molecule has 1 amide bonds. The minimum absolute atomic E-state index is 0.0128. The minimum Gasteiger partial charge on any atom is -0.479 e. The summed E-state index contributed by atoms with van der Waals surface area (Å²) in [7, 11) is -4.45. The van der Waals surface area contributed by atoms with Crippen LogP contribution in [0.5, 0.6) is 5.75 Å². The summed E-state index contributed by atoms with van der Waals surface area (Å²) < 4.78 is 39.4. The number of carboxylic acid groups (broad SMARTS) is 1. The van der Waals surface area contributed by atoms with Crippen LogP contribution in [0.15, 0.2) is 53.4 Å². The number of nitrogens with zero attached hydrogens (tertiary/aromatic N) is 2. The summed E-state index contributed by atoms with van der Waals surface area (Å²) in [4.78, 5) is 39.7. The highest BCUT2D eigenvalue weighted by Crippen LogP contribution is 2.36. The number of aryl methyl sites for hydroxylation is 1. The molecule has 2 heterocycles. The maximum absolute atomic E-state index is 14.0. The largest absolute Gasteiger partial charge is 0.479 e. The smallest absolute Gasteiger partial charge is 0.415 e. The Morgan fingerprint density at radius 2 is 1.74 bits per heavy atom. The van der Waals surface area contributed by atoms with Gasteiger partial charge in [-0.05, 0) is 69.6 Å². The number of hydrogen-bond acceptors (Lipinski definition) is 8. The molecule has 11 nitrogen and oxygen atoms in total. The normalized spacial score (nSPS) is 19.2. The Balaban J connectivity index is 1.71. The van der Waals surface area contributed by atoms with E-state index in [2.05, 4.69) is 5.32 Å². The van der Waals surface area contributed by atoms with E-state index in [1.165, 1.54) is 48.2 Å². The van der Waals surface area contributed by atoms with Gasteiger partial charge >= 0.3 is 12.1 Å². The van der Waals surface area contributed by atoms with Crippen LogP contribution in [-0.2, 0) is 24.3 Å². The van der Waals surface area contributed by atoms with Crippen molar-refractivity contribution >= 4 is 33.6 Å². The molecule has 2 aromatic rings. The quantitative estimate of drug-likeness (QED) is 0.474. The number of carbonyl (C=O) groups excluding carboxylic acids is 2. The summed E-state index contributed by atoms with van der Waals surface area (Å²) >= 11 is 0. The van der Waals surface area contributed by atoms with E-state index >= 15 is 0 Å². The van der Waals surface area contributed by atoms with E-state index in [-0.39, 0.29) is 22.1 Å². The summed E-state index contributed by atoms with van der Waals surface area (Å²) in [6, 6.07) is 11.0. The number of ether oxygens (including phenoxy) is 2. The van der Waals surface area contributed by atoms with Gasteiger partial charge in [0.2, 0.25) is 0 Å². The lowest BCUT2D eigenvalue weighted by molar-refractivity contribution is -0.144. The third kappa shape index (κ3) is 6.23. The van der Waals surface area contributed by atoms with Crippen LogP contribution in [0.2, 0.25) is 0 Å². The van der Waals surface area contributed by atoms with Gasteiger partial charge in [-0.3, -0.25) is 4.79 Å². The van der Waals surface area contributed by atoms with E-state index in [1.54, 1.807) is 19.1 Å². The monoisotopic (exact) mass is 559 g/mol. The van der Waals surface area contributed by atoms with E-state index in [9.17, 15) is 27.9 Å².